The summed E-state index contributed by atoms with van der Waals surface area (Å²) in [4.78, 5) is 32.9. The van der Waals surface area contributed by atoms with E-state index in [1.807, 2.05) is 0 Å². The molecule has 1 aromatic heterocycles. The van der Waals surface area contributed by atoms with E-state index in [1.54, 1.807) is 30.3 Å². The second-order valence-corrected chi connectivity index (χ2v) is 9.34. The van der Waals surface area contributed by atoms with Crippen molar-refractivity contribution in [1.29, 1.82) is 0 Å². The zero-order valence-electron chi connectivity index (χ0n) is 18.2. The largest absolute Gasteiger partial charge is 0.354 e. The molecule has 0 radical (unpaired) electrons. The zero-order valence-corrected chi connectivity index (χ0v) is 20.5. The fourth-order valence-electron chi connectivity index (χ4n) is 4.05. The lowest BCUT2D eigenvalue weighted by molar-refractivity contribution is -0.120. The van der Waals surface area contributed by atoms with Gasteiger partial charge < -0.3 is 16.0 Å². The Morgan fingerprint density at radius 1 is 1.34 bits per heavy atom. The van der Waals surface area contributed by atoms with Crippen LogP contribution < -0.4 is 16.0 Å². The van der Waals surface area contributed by atoms with E-state index in [4.69, 9.17) is 11.6 Å². The molecule has 1 saturated carbocycles. The number of amides is 2. The van der Waals surface area contributed by atoms with Crippen molar-refractivity contribution in [3.63, 3.8) is 0 Å². The van der Waals surface area contributed by atoms with Gasteiger partial charge in [-0.15, -0.1) is 0 Å². The van der Waals surface area contributed by atoms with Crippen LogP contribution >= 0.6 is 27.5 Å². The van der Waals surface area contributed by atoms with Gasteiger partial charge in [0, 0.05) is 23.3 Å². The summed E-state index contributed by atoms with van der Waals surface area (Å²) in [6, 6.07) is 8.07. The molecule has 2 aromatic carbocycles. The highest BCUT2D eigenvalue weighted by Gasteiger charge is 2.61. The molecule has 3 aromatic rings. The maximum atomic E-state index is 14.5. The van der Waals surface area contributed by atoms with Gasteiger partial charge in [0.05, 0.1) is 38.8 Å². The van der Waals surface area contributed by atoms with Crippen LogP contribution in [0.2, 0.25) is 5.02 Å². The number of carbonyl (C=O) groups is 2. The third-order valence-corrected chi connectivity index (χ3v) is 6.68. The van der Waals surface area contributed by atoms with Crippen LogP contribution in [0.25, 0.3) is 10.9 Å². The maximum Gasteiger partial charge on any atom is 0.248 e. The number of nitrogens with zero attached hydrogens (tertiary/aromatic N) is 2. The van der Waals surface area contributed by atoms with Gasteiger partial charge in [-0.3, -0.25) is 9.59 Å². The van der Waals surface area contributed by atoms with E-state index in [0.717, 1.165) is 6.42 Å². The average Bonchev–Trinajstić information content (AvgIpc) is 3.49. The number of rotatable bonds is 5. The smallest absolute Gasteiger partial charge is 0.248 e. The zero-order chi connectivity index (χ0) is 24.6. The molecule has 2 aliphatic rings. The monoisotopic (exact) mass is 553 g/mol. The van der Waals surface area contributed by atoms with Crippen LogP contribution in [0, 0.1) is 29.0 Å². The van der Waals surface area contributed by atoms with Gasteiger partial charge in [0.25, 0.3) is 0 Å². The summed E-state index contributed by atoms with van der Waals surface area (Å²) in [6.07, 6.45) is 5.17. The van der Waals surface area contributed by atoms with Gasteiger partial charge in [-0.1, -0.05) is 51.5 Å². The standard InChI is InChI=1S/C25H18BrClFN5O2/c26-8-2-5-21(34)32-19-10-15-20(9-14(19)6-7-25-11-16(25)24(35)29-12-25)30-13-31-23(15)33-18-4-1-3-17(27)22(18)28/h1-5,9-10,13,16H,8,11-12H2,(H,29,35)(H,32,34)(H,30,31,33)/b5-2+/t16-,25+/m1/s1. The summed E-state index contributed by atoms with van der Waals surface area (Å²) < 4.78 is 14.5. The fraction of sp³-hybridized carbons (Fsp3) is 0.200. The minimum Gasteiger partial charge on any atom is -0.354 e. The first-order chi connectivity index (χ1) is 16.9. The third kappa shape index (κ3) is 4.59. The number of fused-ring (bicyclic) bond motifs is 2. The minimum atomic E-state index is -0.602. The van der Waals surface area contributed by atoms with E-state index in [0.29, 0.717) is 39.8 Å². The van der Waals surface area contributed by atoms with E-state index in [1.165, 1.54) is 18.5 Å². The Bertz CT molecular complexity index is 1470. The fourth-order valence-corrected chi connectivity index (χ4v) is 4.41. The molecule has 0 spiro atoms. The Kier molecular flexibility index (Phi) is 6.17. The SMILES string of the molecule is O=C(/C=C/CBr)Nc1cc2c(Nc3cccc(Cl)c3F)ncnc2cc1C#C[C@]12CNC(=O)[C@H]1C2. The molecule has 2 amide bonds. The molecule has 176 valence electrons. The second kappa shape index (κ2) is 9.29. The molecule has 0 bridgehead atoms. The van der Waals surface area contributed by atoms with Crippen LogP contribution in [0.3, 0.4) is 0 Å². The molecular weight excluding hydrogens is 537 g/mol. The number of piperidine rings is 1. The molecule has 1 aliphatic carbocycles. The lowest BCUT2D eigenvalue weighted by atomic mass is 10.0. The van der Waals surface area contributed by atoms with Crippen LogP contribution in [0.4, 0.5) is 21.6 Å². The van der Waals surface area contributed by atoms with E-state index >= 15 is 0 Å². The van der Waals surface area contributed by atoms with Crippen LogP contribution in [-0.2, 0) is 9.59 Å². The number of hydrogen-bond donors (Lipinski definition) is 3. The van der Waals surface area contributed by atoms with Crippen LogP contribution in [0.15, 0.2) is 48.8 Å². The summed E-state index contributed by atoms with van der Waals surface area (Å²) in [5, 5.41) is 9.72. The van der Waals surface area contributed by atoms with Crippen molar-refractivity contribution in [3.8, 4) is 11.8 Å². The molecule has 2 heterocycles. The maximum absolute atomic E-state index is 14.5. The summed E-state index contributed by atoms with van der Waals surface area (Å²) in [5.41, 5.74) is 1.35. The summed E-state index contributed by atoms with van der Waals surface area (Å²) >= 11 is 9.16. The Morgan fingerprint density at radius 3 is 2.94 bits per heavy atom. The molecule has 35 heavy (non-hydrogen) atoms. The van der Waals surface area contributed by atoms with Crippen molar-refractivity contribution in [2.75, 3.05) is 22.5 Å². The van der Waals surface area contributed by atoms with Crippen LogP contribution in [0.1, 0.15) is 12.0 Å². The molecule has 1 saturated heterocycles. The highest BCUT2D eigenvalue weighted by Crippen LogP contribution is 2.55. The van der Waals surface area contributed by atoms with Crippen molar-refractivity contribution in [2.24, 2.45) is 11.3 Å². The van der Waals surface area contributed by atoms with E-state index in [-0.39, 0.29) is 33.9 Å². The molecule has 5 rings (SSSR count). The Balaban J connectivity index is 1.57. The van der Waals surface area contributed by atoms with Crippen LogP contribution in [-0.4, -0.2) is 33.7 Å². The lowest BCUT2D eigenvalue weighted by Gasteiger charge is -2.13. The highest BCUT2D eigenvalue weighted by molar-refractivity contribution is 9.09. The molecule has 3 N–H and O–H groups in total. The average molecular weight is 555 g/mol. The van der Waals surface area contributed by atoms with E-state index in [2.05, 4.69) is 53.7 Å². The topological polar surface area (TPSA) is 96.0 Å². The molecule has 0 unspecified atom stereocenters. The Hall–Kier alpha value is -3.48. The van der Waals surface area contributed by atoms with Gasteiger partial charge >= 0.3 is 0 Å². The van der Waals surface area contributed by atoms with Gasteiger partial charge in [0.15, 0.2) is 5.82 Å². The summed E-state index contributed by atoms with van der Waals surface area (Å²) in [5.74, 6) is 5.74. The van der Waals surface area contributed by atoms with Gasteiger partial charge in [0.1, 0.15) is 12.1 Å². The highest BCUT2D eigenvalue weighted by atomic mass is 79.9. The number of aromatic nitrogens is 2. The number of alkyl halides is 1. The van der Waals surface area contributed by atoms with E-state index < -0.39 is 5.82 Å². The first-order valence-corrected chi connectivity index (χ1v) is 12.2. The predicted molar refractivity (Wildman–Crippen MR) is 136 cm³/mol. The molecule has 1 aliphatic heterocycles. The molecular formula is C25H18BrClFN5O2. The van der Waals surface area contributed by atoms with Crippen molar-refractivity contribution in [1.82, 2.24) is 15.3 Å². The number of benzene rings is 2. The van der Waals surface area contributed by atoms with Crippen molar-refractivity contribution in [2.45, 2.75) is 6.42 Å². The van der Waals surface area contributed by atoms with Gasteiger partial charge in [-0.25, -0.2) is 14.4 Å². The Labute approximate surface area is 213 Å². The second-order valence-electron chi connectivity index (χ2n) is 8.29. The predicted octanol–water partition coefficient (Wildman–Crippen LogP) is 4.54. The first kappa shape index (κ1) is 23.3. The van der Waals surface area contributed by atoms with E-state index in [9.17, 15) is 14.0 Å². The number of allylic oxidation sites excluding steroid dienone is 1. The molecule has 10 heteroatoms. The minimum absolute atomic E-state index is 0.0184. The third-order valence-electron chi connectivity index (χ3n) is 6.01. The van der Waals surface area contributed by atoms with Gasteiger partial charge in [-0.05, 0) is 30.7 Å². The number of carbonyl (C=O) groups excluding carboxylic acids is 2. The number of hydrogen-bond acceptors (Lipinski definition) is 5. The number of halogens is 3. The molecule has 7 nitrogen and oxygen atoms in total. The van der Waals surface area contributed by atoms with Crippen molar-refractivity contribution < 1.29 is 14.0 Å². The van der Waals surface area contributed by atoms with Crippen LogP contribution in [0.5, 0.6) is 0 Å². The number of anilines is 3. The summed E-state index contributed by atoms with van der Waals surface area (Å²) in [6.45, 7) is 0.522. The van der Waals surface area contributed by atoms with Crippen molar-refractivity contribution in [3.05, 3.63) is 65.2 Å². The summed E-state index contributed by atoms with van der Waals surface area (Å²) in [7, 11) is 0. The number of nitrogens with one attached hydrogen (secondary N) is 3. The van der Waals surface area contributed by atoms with Crippen molar-refractivity contribution >= 4 is 67.4 Å². The molecule has 2 fully saturated rings. The van der Waals surface area contributed by atoms with Gasteiger partial charge in [0.2, 0.25) is 11.8 Å². The normalized spacial score (nSPS) is 20.2. The Morgan fingerprint density at radius 2 is 2.20 bits per heavy atom. The first-order valence-electron chi connectivity index (χ1n) is 10.7. The molecule has 2 atom stereocenters. The quantitative estimate of drug-likeness (QED) is 0.244. The van der Waals surface area contributed by atoms with Gasteiger partial charge in [-0.2, -0.15) is 0 Å². The lowest BCUT2D eigenvalue weighted by Crippen LogP contribution is -2.20.